The predicted octanol–water partition coefficient (Wildman–Crippen LogP) is 3.58. The number of hydrogen-bond acceptors (Lipinski definition) is 3. The number of rotatable bonds is 3. The number of hydrogen-bond donors (Lipinski definition) is 1. The van der Waals surface area contributed by atoms with Gasteiger partial charge in [0.15, 0.2) is 5.82 Å². The van der Waals surface area contributed by atoms with E-state index in [1.54, 1.807) is 19.2 Å². The summed E-state index contributed by atoms with van der Waals surface area (Å²) in [4.78, 5) is 17.4. The van der Waals surface area contributed by atoms with Gasteiger partial charge in [0.1, 0.15) is 16.7 Å². The molecule has 0 bridgehead atoms. The topological polar surface area (TPSA) is 46.9 Å². The third-order valence-corrected chi connectivity index (χ3v) is 5.33. The van der Waals surface area contributed by atoms with Crippen LogP contribution in [0.4, 0.5) is 10.2 Å². The highest BCUT2D eigenvalue weighted by atomic mass is 35.5. The number of aromatic nitrogens is 2. The molecule has 2 aliphatic carbocycles. The van der Waals surface area contributed by atoms with Crippen molar-refractivity contribution in [2.45, 2.75) is 25.2 Å². The van der Waals surface area contributed by atoms with Crippen molar-refractivity contribution in [2.75, 3.05) is 12.4 Å². The lowest BCUT2D eigenvalue weighted by molar-refractivity contribution is 0.568. The molecule has 0 aliphatic heterocycles. The van der Waals surface area contributed by atoms with Crippen LogP contribution in [0.2, 0.25) is 5.02 Å². The van der Waals surface area contributed by atoms with Gasteiger partial charge >= 0.3 is 0 Å². The maximum atomic E-state index is 13.2. The van der Waals surface area contributed by atoms with E-state index in [0.29, 0.717) is 11.5 Å². The van der Waals surface area contributed by atoms with E-state index in [1.807, 2.05) is 0 Å². The molecule has 1 heterocycles. The molecule has 2 aromatic rings. The molecule has 0 spiro atoms. The Labute approximate surface area is 138 Å². The minimum Gasteiger partial charge on any atom is -0.372 e. The second kappa shape index (κ2) is 5.34. The molecule has 2 saturated carbocycles. The number of halogens is 2. The quantitative estimate of drug-likeness (QED) is 0.934. The molecule has 0 amide bonds. The van der Waals surface area contributed by atoms with E-state index in [-0.39, 0.29) is 22.3 Å². The average Bonchev–Trinajstić information content (AvgIpc) is 3.17. The van der Waals surface area contributed by atoms with Crippen LogP contribution >= 0.6 is 11.6 Å². The molecule has 1 N–H and O–H groups in total. The van der Waals surface area contributed by atoms with E-state index in [2.05, 4.69) is 10.3 Å². The van der Waals surface area contributed by atoms with Gasteiger partial charge in [0, 0.05) is 13.0 Å². The lowest BCUT2D eigenvalue weighted by atomic mass is 10.0. The van der Waals surface area contributed by atoms with E-state index in [9.17, 15) is 9.18 Å². The second-order valence-electron chi connectivity index (χ2n) is 6.42. The lowest BCUT2D eigenvalue weighted by Gasteiger charge is -2.20. The third kappa shape index (κ3) is 2.43. The van der Waals surface area contributed by atoms with E-state index >= 15 is 0 Å². The summed E-state index contributed by atoms with van der Waals surface area (Å²) in [5.41, 5.74) is 0.289. The monoisotopic (exact) mass is 333 g/mol. The zero-order valence-electron chi connectivity index (χ0n) is 12.7. The number of anilines is 1. The van der Waals surface area contributed by atoms with Gasteiger partial charge < -0.3 is 5.32 Å². The zero-order valence-corrected chi connectivity index (χ0v) is 13.5. The van der Waals surface area contributed by atoms with Crippen LogP contribution in [0.5, 0.6) is 0 Å². The standard InChI is InChI=1S/C17H17ClFN3O/c1-20-15-14(18)17(23)22(13-4-2-12(19)3-5-13)16(21-15)11-7-9-6-10(9)8-11/h2-5,9-11,20H,6-8H2,1H3. The molecule has 1 aromatic heterocycles. The summed E-state index contributed by atoms with van der Waals surface area (Å²) in [5, 5.41) is 2.95. The lowest BCUT2D eigenvalue weighted by Crippen LogP contribution is -2.27. The van der Waals surface area contributed by atoms with Gasteiger partial charge in [-0.25, -0.2) is 9.37 Å². The van der Waals surface area contributed by atoms with Gasteiger partial charge in [0.25, 0.3) is 5.56 Å². The molecule has 1 aromatic carbocycles. The second-order valence-corrected chi connectivity index (χ2v) is 6.80. The zero-order chi connectivity index (χ0) is 16.1. The summed E-state index contributed by atoms with van der Waals surface area (Å²) >= 11 is 6.16. The first-order valence-corrected chi connectivity index (χ1v) is 8.22. The Kier molecular flexibility index (Phi) is 3.41. The highest BCUT2D eigenvalue weighted by Crippen LogP contribution is 2.57. The molecule has 2 aliphatic rings. The number of fused-ring (bicyclic) bond motifs is 1. The number of benzene rings is 1. The molecule has 23 heavy (non-hydrogen) atoms. The van der Waals surface area contributed by atoms with Crippen LogP contribution in [0.3, 0.4) is 0 Å². The Morgan fingerprint density at radius 1 is 1.22 bits per heavy atom. The van der Waals surface area contributed by atoms with Gasteiger partial charge in [-0.1, -0.05) is 11.6 Å². The van der Waals surface area contributed by atoms with Crippen molar-refractivity contribution in [1.29, 1.82) is 0 Å². The predicted molar refractivity (Wildman–Crippen MR) is 87.9 cm³/mol. The molecule has 2 fully saturated rings. The molecule has 2 atom stereocenters. The maximum absolute atomic E-state index is 13.2. The summed E-state index contributed by atoms with van der Waals surface area (Å²) in [6, 6.07) is 5.87. The molecular weight excluding hydrogens is 317 g/mol. The first-order chi connectivity index (χ1) is 11.1. The van der Waals surface area contributed by atoms with E-state index < -0.39 is 0 Å². The molecule has 0 saturated heterocycles. The van der Waals surface area contributed by atoms with Crippen LogP contribution in [0.25, 0.3) is 5.69 Å². The Morgan fingerprint density at radius 3 is 2.48 bits per heavy atom. The molecule has 4 nitrogen and oxygen atoms in total. The van der Waals surface area contributed by atoms with Crippen molar-refractivity contribution in [3.63, 3.8) is 0 Å². The van der Waals surface area contributed by atoms with Crippen LogP contribution in [0.15, 0.2) is 29.1 Å². The fourth-order valence-electron chi connectivity index (χ4n) is 3.72. The summed E-state index contributed by atoms with van der Waals surface area (Å²) in [7, 11) is 1.70. The molecule has 0 radical (unpaired) electrons. The smallest absolute Gasteiger partial charge is 0.279 e. The SMILES string of the molecule is CNc1nc(C2CC3CC3C2)n(-c2ccc(F)cc2)c(=O)c1Cl. The largest absolute Gasteiger partial charge is 0.372 e. The van der Waals surface area contributed by atoms with Crippen molar-refractivity contribution in [1.82, 2.24) is 9.55 Å². The third-order valence-electron chi connectivity index (χ3n) is 4.98. The molecule has 6 heteroatoms. The first kappa shape index (κ1) is 14.7. The Balaban J connectivity index is 1.89. The molecular formula is C17H17ClFN3O. The van der Waals surface area contributed by atoms with Gasteiger partial charge in [-0.2, -0.15) is 0 Å². The van der Waals surface area contributed by atoms with E-state index in [4.69, 9.17) is 11.6 Å². The number of nitrogens with one attached hydrogen (secondary N) is 1. The molecule has 4 rings (SSSR count). The summed E-state index contributed by atoms with van der Waals surface area (Å²) < 4.78 is 14.8. The average molecular weight is 334 g/mol. The van der Waals surface area contributed by atoms with E-state index in [0.717, 1.165) is 30.5 Å². The molecule has 120 valence electrons. The summed E-state index contributed by atoms with van der Waals surface area (Å²) in [5.74, 6) is 2.59. The van der Waals surface area contributed by atoms with Crippen LogP contribution in [0, 0.1) is 17.7 Å². The summed E-state index contributed by atoms with van der Waals surface area (Å²) in [6.07, 6.45) is 3.41. The fraction of sp³-hybridized carbons (Fsp3) is 0.412. The van der Waals surface area contributed by atoms with Crippen LogP contribution in [-0.4, -0.2) is 16.6 Å². The van der Waals surface area contributed by atoms with Crippen molar-refractivity contribution < 1.29 is 4.39 Å². The van der Waals surface area contributed by atoms with Crippen LogP contribution < -0.4 is 10.9 Å². The minimum atomic E-state index is -0.337. The van der Waals surface area contributed by atoms with Gasteiger partial charge in [0.05, 0.1) is 5.69 Å². The highest BCUT2D eigenvalue weighted by Gasteiger charge is 2.47. The normalized spacial score (nSPS) is 25.3. The van der Waals surface area contributed by atoms with Crippen molar-refractivity contribution >= 4 is 17.4 Å². The number of nitrogens with zero attached hydrogens (tertiary/aromatic N) is 2. The van der Waals surface area contributed by atoms with E-state index in [1.165, 1.54) is 23.1 Å². The Bertz CT molecular complexity index is 808. The van der Waals surface area contributed by atoms with Gasteiger partial charge in [0.2, 0.25) is 0 Å². The Morgan fingerprint density at radius 2 is 1.87 bits per heavy atom. The highest BCUT2D eigenvalue weighted by molar-refractivity contribution is 6.32. The minimum absolute atomic E-state index is 0.0590. The first-order valence-electron chi connectivity index (χ1n) is 7.84. The Hall–Kier alpha value is -1.88. The van der Waals surface area contributed by atoms with Gasteiger partial charge in [-0.15, -0.1) is 0 Å². The molecule has 2 unspecified atom stereocenters. The van der Waals surface area contributed by atoms with Crippen LogP contribution in [0.1, 0.15) is 31.0 Å². The van der Waals surface area contributed by atoms with Crippen molar-refractivity contribution in [3.8, 4) is 5.69 Å². The van der Waals surface area contributed by atoms with Gasteiger partial charge in [-0.3, -0.25) is 9.36 Å². The van der Waals surface area contributed by atoms with Crippen LogP contribution in [-0.2, 0) is 0 Å². The fourth-order valence-corrected chi connectivity index (χ4v) is 3.94. The van der Waals surface area contributed by atoms with Crippen molar-refractivity contribution in [2.24, 2.45) is 11.8 Å². The van der Waals surface area contributed by atoms with Gasteiger partial charge in [-0.05, 0) is 55.4 Å². The maximum Gasteiger partial charge on any atom is 0.279 e. The summed E-state index contributed by atoms with van der Waals surface area (Å²) in [6.45, 7) is 0. The van der Waals surface area contributed by atoms with Crippen molar-refractivity contribution in [3.05, 3.63) is 51.3 Å².